The molecule has 1 fully saturated rings. The number of hydrogen-bond acceptors (Lipinski definition) is 2. The SMILES string of the molecule is COc1cc(F)cc(CCC2(N)CC2)c1. The first-order valence-electron chi connectivity index (χ1n) is 5.24. The van der Waals surface area contributed by atoms with Gasteiger partial charge in [-0.3, -0.25) is 0 Å². The van der Waals surface area contributed by atoms with Crippen molar-refractivity contribution >= 4 is 0 Å². The predicted molar refractivity (Wildman–Crippen MR) is 57.4 cm³/mol. The average molecular weight is 209 g/mol. The maximum atomic E-state index is 13.1. The topological polar surface area (TPSA) is 35.2 Å². The smallest absolute Gasteiger partial charge is 0.127 e. The van der Waals surface area contributed by atoms with Crippen molar-refractivity contribution in [2.24, 2.45) is 5.73 Å². The molecule has 3 heteroatoms. The van der Waals surface area contributed by atoms with Gasteiger partial charge >= 0.3 is 0 Å². The minimum Gasteiger partial charge on any atom is -0.497 e. The first-order valence-corrected chi connectivity index (χ1v) is 5.24. The Bertz CT molecular complexity index is 361. The van der Waals surface area contributed by atoms with Gasteiger partial charge in [0.25, 0.3) is 0 Å². The van der Waals surface area contributed by atoms with E-state index >= 15 is 0 Å². The molecule has 0 atom stereocenters. The fourth-order valence-electron chi connectivity index (χ4n) is 1.69. The Hall–Kier alpha value is -1.09. The molecule has 0 saturated heterocycles. The predicted octanol–water partition coefficient (Wildman–Crippen LogP) is 2.26. The van der Waals surface area contributed by atoms with Gasteiger partial charge in [-0.1, -0.05) is 0 Å². The van der Waals surface area contributed by atoms with Gasteiger partial charge in [0.05, 0.1) is 7.11 Å². The first kappa shape index (κ1) is 10.4. The molecule has 82 valence electrons. The molecule has 1 aromatic rings. The van der Waals surface area contributed by atoms with Crippen molar-refractivity contribution in [3.8, 4) is 5.75 Å². The number of methoxy groups -OCH3 is 1. The molecule has 1 aliphatic rings. The maximum Gasteiger partial charge on any atom is 0.127 e. The summed E-state index contributed by atoms with van der Waals surface area (Å²) in [7, 11) is 1.55. The second kappa shape index (κ2) is 3.81. The Balaban J connectivity index is 2.03. The molecule has 0 aliphatic heterocycles. The van der Waals surface area contributed by atoms with Crippen molar-refractivity contribution < 1.29 is 9.13 Å². The van der Waals surface area contributed by atoms with Crippen molar-refractivity contribution in [2.75, 3.05) is 7.11 Å². The molecule has 0 bridgehead atoms. The summed E-state index contributed by atoms with van der Waals surface area (Å²) in [6.45, 7) is 0. The van der Waals surface area contributed by atoms with Crippen LogP contribution >= 0.6 is 0 Å². The molecule has 1 saturated carbocycles. The first-order chi connectivity index (χ1) is 7.11. The van der Waals surface area contributed by atoms with Crippen LogP contribution in [-0.4, -0.2) is 12.6 Å². The molecule has 0 amide bonds. The lowest BCUT2D eigenvalue weighted by molar-refractivity contribution is 0.410. The standard InChI is InChI=1S/C12H16FNO/c1-15-11-7-9(6-10(13)8-11)2-3-12(14)4-5-12/h6-8H,2-5,14H2,1H3. The van der Waals surface area contributed by atoms with Crippen LogP contribution in [0, 0.1) is 5.82 Å². The summed E-state index contributed by atoms with van der Waals surface area (Å²) in [4.78, 5) is 0. The van der Waals surface area contributed by atoms with Gasteiger partial charge in [0.1, 0.15) is 11.6 Å². The van der Waals surface area contributed by atoms with Gasteiger partial charge in [0, 0.05) is 11.6 Å². The molecule has 0 aromatic heterocycles. The molecule has 15 heavy (non-hydrogen) atoms. The highest BCUT2D eigenvalue weighted by molar-refractivity contribution is 5.30. The van der Waals surface area contributed by atoms with Crippen LogP contribution in [0.5, 0.6) is 5.75 Å². The largest absolute Gasteiger partial charge is 0.497 e. The van der Waals surface area contributed by atoms with Gasteiger partial charge in [0.2, 0.25) is 0 Å². The summed E-state index contributed by atoms with van der Waals surface area (Å²) >= 11 is 0. The van der Waals surface area contributed by atoms with Crippen LogP contribution in [0.3, 0.4) is 0 Å². The number of hydrogen-bond donors (Lipinski definition) is 1. The van der Waals surface area contributed by atoms with Crippen LogP contribution in [0.25, 0.3) is 0 Å². The van der Waals surface area contributed by atoms with E-state index in [9.17, 15) is 4.39 Å². The van der Waals surface area contributed by atoms with E-state index in [4.69, 9.17) is 10.5 Å². The molecule has 0 radical (unpaired) electrons. The van der Waals surface area contributed by atoms with Gasteiger partial charge in [-0.25, -0.2) is 4.39 Å². The third-order valence-electron chi connectivity index (χ3n) is 2.97. The van der Waals surface area contributed by atoms with E-state index in [0.29, 0.717) is 5.75 Å². The number of aryl methyl sites for hydroxylation is 1. The third-order valence-corrected chi connectivity index (χ3v) is 2.97. The average Bonchev–Trinajstić information content (AvgIpc) is 2.94. The van der Waals surface area contributed by atoms with Gasteiger partial charge in [-0.15, -0.1) is 0 Å². The number of benzene rings is 1. The zero-order valence-electron chi connectivity index (χ0n) is 8.92. The van der Waals surface area contributed by atoms with Crippen molar-refractivity contribution in [1.29, 1.82) is 0 Å². The second-order valence-electron chi connectivity index (χ2n) is 4.36. The number of rotatable bonds is 4. The lowest BCUT2D eigenvalue weighted by Gasteiger charge is -2.09. The fraction of sp³-hybridized carbons (Fsp3) is 0.500. The second-order valence-corrected chi connectivity index (χ2v) is 4.36. The van der Waals surface area contributed by atoms with E-state index in [1.54, 1.807) is 13.2 Å². The van der Waals surface area contributed by atoms with E-state index in [1.165, 1.54) is 6.07 Å². The lowest BCUT2D eigenvalue weighted by atomic mass is 10.0. The Labute approximate surface area is 89.2 Å². The quantitative estimate of drug-likeness (QED) is 0.825. The van der Waals surface area contributed by atoms with Crippen LogP contribution in [-0.2, 0) is 6.42 Å². The molecule has 2 rings (SSSR count). The third kappa shape index (κ3) is 2.69. The summed E-state index contributed by atoms with van der Waals surface area (Å²) in [5.74, 6) is 0.332. The molecule has 1 aliphatic carbocycles. The summed E-state index contributed by atoms with van der Waals surface area (Å²) in [6, 6.07) is 4.81. The molecule has 2 nitrogen and oxygen atoms in total. The highest BCUT2D eigenvalue weighted by Crippen LogP contribution is 2.36. The minimum absolute atomic E-state index is 0.0273. The summed E-state index contributed by atoms with van der Waals surface area (Å²) in [6.07, 6.45) is 3.95. The Morgan fingerprint density at radius 3 is 2.73 bits per heavy atom. The monoisotopic (exact) mass is 209 g/mol. The molecule has 1 aromatic carbocycles. The van der Waals surface area contributed by atoms with Crippen LogP contribution in [0.1, 0.15) is 24.8 Å². The Kier molecular flexibility index (Phi) is 2.65. The van der Waals surface area contributed by atoms with Crippen LogP contribution < -0.4 is 10.5 Å². The minimum atomic E-state index is -0.244. The van der Waals surface area contributed by atoms with Crippen molar-refractivity contribution in [1.82, 2.24) is 0 Å². The highest BCUT2D eigenvalue weighted by atomic mass is 19.1. The van der Waals surface area contributed by atoms with Gasteiger partial charge in [-0.2, -0.15) is 0 Å². The van der Waals surface area contributed by atoms with Gasteiger partial charge in [0.15, 0.2) is 0 Å². The maximum absolute atomic E-state index is 13.1. The van der Waals surface area contributed by atoms with E-state index in [2.05, 4.69) is 0 Å². The molecular weight excluding hydrogens is 193 g/mol. The Morgan fingerprint density at radius 2 is 2.13 bits per heavy atom. The van der Waals surface area contributed by atoms with Gasteiger partial charge < -0.3 is 10.5 Å². The molecule has 2 N–H and O–H groups in total. The zero-order valence-corrected chi connectivity index (χ0v) is 8.92. The number of halogens is 1. The van der Waals surface area contributed by atoms with E-state index in [-0.39, 0.29) is 11.4 Å². The van der Waals surface area contributed by atoms with E-state index in [1.807, 2.05) is 6.07 Å². The molecule has 0 heterocycles. The fourth-order valence-corrected chi connectivity index (χ4v) is 1.69. The van der Waals surface area contributed by atoms with Crippen molar-refractivity contribution in [2.45, 2.75) is 31.2 Å². The van der Waals surface area contributed by atoms with Gasteiger partial charge in [-0.05, 0) is 43.4 Å². The summed E-state index contributed by atoms with van der Waals surface area (Å²) in [5, 5.41) is 0. The van der Waals surface area contributed by atoms with E-state index < -0.39 is 0 Å². The highest BCUT2D eigenvalue weighted by Gasteiger charge is 2.37. The summed E-state index contributed by atoms with van der Waals surface area (Å²) < 4.78 is 18.2. The molecule has 0 spiro atoms. The van der Waals surface area contributed by atoms with Crippen molar-refractivity contribution in [3.05, 3.63) is 29.6 Å². The Morgan fingerprint density at radius 1 is 1.40 bits per heavy atom. The zero-order chi connectivity index (χ0) is 10.9. The molecular formula is C12H16FNO. The number of ether oxygens (including phenoxy) is 1. The lowest BCUT2D eigenvalue weighted by Crippen LogP contribution is -2.22. The normalized spacial score (nSPS) is 17.5. The van der Waals surface area contributed by atoms with Crippen LogP contribution in [0.2, 0.25) is 0 Å². The number of nitrogens with two attached hydrogens (primary N) is 1. The van der Waals surface area contributed by atoms with Crippen molar-refractivity contribution in [3.63, 3.8) is 0 Å². The van der Waals surface area contributed by atoms with E-state index in [0.717, 1.165) is 31.2 Å². The van der Waals surface area contributed by atoms with Crippen LogP contribution in [0.15, 0.2) is 18.2 Å². The molecule has 0 unspecified atom stereocenters. The summed E-state index contributed by atoms with van der Waals surface area (Å²) in [5.41, 5.74) is 6.97. The van der Waals surface area contributed by atoms with Crippen LogP contribution in [0.4, 0.5) is 4.39 Å².